The first-order valence-corrected chi connectivity index (χ1v) is 9.39. The normalized spacial score (nSPS) is 16.7. The second-order valence-corrected chi connectivity index (χ2v) is 7.42. The number of esters is 1. The molecule has 2 heterocycles. The zero-order valence-corrected chi connectivity index (χ0v) is 16.7. The average Bonchev–Trinajstić information content (AvgIpc) is 3.10. The first-order valence-electron chi connectivity index (χ1n) is 8.57. The summed E-state index contributed by atoms with van der Waals surface area (Å²) in [6, 6.07) is 7.74. The van der Waals surface area contributed by atoms with Crippen LogP contribution in [0, 0.1) is 13.8 Å². The topological polar surface area (TPSA) is 88.8 Å². The molecule has 0 unspecified atom stereocenters. The minimum Gasteiger partial charge on any atom is -0.508 e. The van der Waals surface area contributed by atoms with Crippen LogP contribution in [-0.4, -0.2) is 44.8 Å². The van der Waals surface area contributed by atoms with E-state index in [9.17, 15) is 19.5 Å². The van der Waals surface area contributed by atoms with Gasteiger partial charge in [0.2, 0.25) is 0 Å². The lowest BCUT2D eigenvalue weighted by Crippen LogP contribution is -2.42. The lowest BCUT2D eigenvalue weighted by Gasteiger charge is -2.18. The molecule has 0 radical (unpaired) electrons. The Kier molecular flexibility index (Phi) is 5.33. The summed E-state index contributed by atoms with van der Waals surface area (Å²) >= 11 is 0.803. The van der Waals surface area contributed by atoms with E-state index in [-0.39, 0.29) is 10.7 Å². The van der Waals surface area contributed by atoms with Crippen molar-refractivity contribution in [3.8, 4) is 11.4 Å². The largest absolute Gasteiger partial charge is 0.508 e. The molecule has 1 aromatic heterocycles. The number of methoxy groups -OCH3 is 1. The van der Waals surface area contributed by atoms with E-state index in [2.05, 4.69) is 4.74 Å². The zero-order valence-electron chi connectivity index (χ0n) is 15.9. The van der Waals surface area contributed by atoms with Gasteiger partial charge in [0.1, 0.15) is 11.8 Å². The van der Waals surface area contributed by atoms with Crippen molar-refractivity contribution in [2.75, 3.05) is 7.11 Å². The summed E-state index contributed by atoms with van der Waals surface area (Å²) in [7, 11) is 1.21. The molecular weight excluding hydrogens is 380 g/mol. The van der Waals surface area contributed by atoms with Crippen molar-refractivity contribution in [2.45, 2.75) is 26.8 Å². The molecule has 3 rings (SSSR count). The summed E-state index contributed by atoms with van der Waals surface area (Å²) in [5.74, 6) is -0.976. The van der Waals surface area contributed by atoms with Crippen LogP contribution in [0.25, 0.3) is 11.8 Å². The molecule has 1 N–H and O–H groups in total. The maximum Gasteiger partial charge on any atom is 0.328 e. The molecule has 0 spiro atoms. The summed E-state index contributed by atoms with van der Waals surface area (Å²) < 4.78 is 6.63. The number of imide groups is 1. The molecule has 28 heavy (non-hydrogen) atoms. The van der Waals surface area contributed by atoms with E-state index in [1.807, 2.05) is 24.5 Å². The Hall–Kier alpha value is -3.00. The molecule has 1 saturated heterocycles. The maximum absolute atomic E-state index is 12.7. The summed E-state index contributed by atoms with van der Waals surface area (Å²) in [5.41, 5.74) is 3.49. The number of rotatable bonds is 4. The fraction of sp³-hybridized carbons (Fsp3) is 0.250. The molecule has 0 aliphatic carbocycles. The van der Waals surface area contributed by atoms with Crippen molar-refractivity contribution in [3.63, 3.8) is 0 Å². The molecule has 1 aliphatic rings. The van der Waals surface area contributed by atoms with Gasteiger partial charge in [0.15, 0.2) is 0 Å². The van der Waals surface area contributed by atoms with Gasteiger partial charge in [-0.15, -0.1) is 0 Å². The molecule has 8 heteroatoms. The number of hydrogen-bond donors (Lipinski definition) is 1. The quantitative estimate of drug-likeness (QED) is 0.625. The molecule has 0 saturated carbocycles. The molecule has 0 bridgehead atoms. The Bertz CT molecular complexity index is 991. The Morgan fingerprint density at radius 3 is 2.46 bits per heavy atom. The summed E-state index contributed by atoms with van der Waals surface area (Å²) in [6.45, 7) is 5.30. The van der Waals surface area contributed by atoms with Gasteiger partial charge in [-0.1, -0.05) is 0 Å². The van der Waals surface area contributed by atoms with E-state index >= 15 is 0 Å². The number of nitrogens with zero attached hydrogens (tertiary/aromatic N) is 2. The van der Waals surface area contributed by atoms with Crippen molar-refractivity contribution in [1.29, 1.82) is 0 Å². The summed E-state index contributed by atoms with van der Waals surface area (Å²) in [6.07, 6.45) is 1.66. The Labute approximate surface area is 166 Å². The molecular formula is C20H20N2O5S. The summed E-state index contributed by atoms with van der Waals surface area (Å²) in [4.78, 5) is 37.8. The number of carbonyl (C=O) groups is 3. The third kappa shape index (κ3) is 3.43. The van der Waals surface area contributed by atoms with E-state index in [1.165, 1.54) is 14.0 Å². The van der Waals surface area contributed by atoms with E-state index in [4.69, 9.17) is 0 Å². The predicted octanol–water partition coefficient (Wildman–Crippen LogP) is 3.40. The second kappa shape index (κ2) is 7.55. The number of aryl methyl sites for hydroxylation is 1. The van der Waals surface area contributed by atoms with Gasteiger partial charge in [-0.25, -0.2) is 4.79 Å². The van der Waals surface area contributed by atoms with Crippen LogP contribution in [-0.2, 0) is 14.3 Å². The highest BCUT2D eigenvalue weighted by atomic mass is 32.2. The van der Waals surface area contributed by atoms with E-state index < -0.39 is 23.2 Å². The monoisotopic (exact) mass is 400 g/mol. The molecule has 2 aromatic rings. The van der Waals surface area contributed by atoms with Crippen LogP contribution in [0.15, 0.2) is 35.2 Å². The van der Waals surface area contributed by atoms with Crippen molar-refractivity contribution < 1.29 is 24.2 Å². The molecule has 2 amide bonds. The first kappa shape index (κ1) is 19.8. The van der Waals surface area contributed by atoms with Crippen LogP contribution in [0.1, 0.15) is 23.9 Å². The van der Waals surface area contributed by atoms with E-state index in [0.29, 0.717) is 0 Å². The van der Waals surface area contributed by atoms with Gasteiger partial charge >= 0.3 is 5.97 Å². The highest BCUT2D eigenvalue weighted by molar-refractivity contribution is 8.18. The van der Waals surface area contributed by atoms with Gasteiger partial charge in [0, 0.05) is 17.1 Å². The molecule has 1 aliphatic heterocycles. The van der Waals surface area contributed by atoms with Gasteiger partial charge in [-0.2, -0.15) is 0 Å². The van der Waals surface area contributed by atoms with Crippen molar-refractivity contribution in [2.24, 2.45) is 0 Å². The van der Waals surface area contributed by atoms with Gasteiger partial charge in [-0.05, 0) is 74.5 Å². The van der Waals surface area contributed by atoms with Crippen LogP contribution in [0.2, 0.25) is 0 Å². The van der Waals surface area contributed by atoms with Crippen LogP contribution >= 0.6 is 11.8 Å². The van der Waals surface area contributed by atoms with Crippen molar-refractivity contribution in [3.05, 3.63) is 52.2 Å². The lowest BCUT2D eigenvalue weighted by atomic mass is 10.2. The Balaban J connectivity index is 1.95. The van der Waals surface area contributed by atoms with Crippen molar-refractivity contribution >= 4 is 35.0 Å². The maximum atomic E-state index is 12.7. The average molecular weight is 400 g/mol. The van der Waals surface area contributed by atoms with Crippen LogP contribution in [0.5, 0.6) is 5.75 Å². The third-order valence-electron chi connectivity index (χ3n) is 4.62. The number of carbonyl (C=O) groups excluding carboxylic acids is 3. The van der Waals surface area contributed by atoms with Gasteiger partial charge in [0.25, 0.3) is 11.1 Å². The minimum atomic E-state index is -0.979. The standard InChI is InChI=1S/C20H20N2O5S/c1-11-9-14(12(2)21(11)15-5-7-16(23)8-6-15)10-17-18(24)22(20(26)28-17)13(3)19(25)27-4/h5-10,13,23H,1-4H3/b17-10+/t13-/m0/s1. The first-order chi connectivity index (χ1) is 13.2. The SMILES string of the molecule is COC(=O)[C@H](C)N1C(=O)S/C(=C/c2cc(C)n(-c3ccc(O)cc3)c2C)C1=O. The van der Waals surface area contributed by atoms with Gasteiger partial charge in [-0.3, -0.25) is 14.5 Å². The number of aromatic hydroxyl groups is 1. The predicted molar refractivity (Wildman–Crippen MR) is 106 cm³/mol. The number of phenols is 1. The molecule has 7 nitrogen and oxygen atoms in total. The molecule has 1 fully saturated rings. The molecule has 1 atom stereocenters. The van der Waals surface area contributed by atoms with E-state index in [1.54, 1.807) is 30.3 Å². The number of aromatic nitrogens is 1. The number of amides is 2. The van der Waals surface area contributed by atoms with Crippen molar-refractivity contribution in [1.82, 2.24) is 9.47 Å². The number of thioether (sulfide) groups is 1. The number of hydrogen-bond acceptors (Lipinski definition) is 6. The van der Waals surface area contributed by atoms with Crippen LogP contribution < -0.4 is 0 Å². The fourth-order valence-corrected chi connectivity index (χ4v) is 4.06. The second-order valence-electron chi connectivity index (χ2n) is 6.43. The number of benzene rings is 1. The highest BCUT2D eigenvalue weighted by Gasteiger charge is 2.41. The number of ether oxygens (including phenoxy) is 1. The Morgan fingerprint density at radius 2 is 1.86 bits per heavy atom. The molecule has 1 aromatic carbocycles. The Morgan fingerprint density at radius 1 is 1.21 bits per heavy atom. The van der Waals surface area contributed by atoms with E-state index in [0.717, 1.165) is 39.3 Å². The smallest absolute Gasteiger partial charge is 0.328 e. The lowest BCUT2D eigenvalue weighted by molar-refractivity contribution is -0.148. The summed E-state index contributed by atoms with van der Waals surface area (Å²) in [5, 5.41) is 8.99. The minimum absolute atomic E-state index is 0.180. The fourth-order valence-electron chi connectivity index (χ4n) is 3.16. The number of phenolic OH excluding ortho intramolecular Hbond substituents is 1. The van der Waals surface area contributed by atoms with Crippen LogP contribution in [0.4, 0.5) is 4.79 Å². The third-order valence-corrected chi connectivity index (χ3v) is 5.50. The van der Waals surface area contributed by atoms with Gasteiger partial charge in [0.05, 0.1) is 12.0 Å². The zero-order chi connectivity index (χ0) is 20.6. The molecule has 146 valence electrons. The highest BCUT2D eigenvalue weighted by Crippen LogP contribution is 2.35. The van der Waals surface area contributed by atoms with Gasteiger partial charge < -0.3 is 14.4 Å². The van der Waals surface area contributed by atoms with Crippen LogP contribution in [0.3, 0.4) is 0 Å².